The lowest BCUT2D eigenvalue weighted by atomic mass is 9.92. The summed E-state index contributed by atoms with van der Waals surface area (Å²) in [4.78, 5) is 6.42. The summed E-state index contributed by atoms with van der Waals surface area (Å²) in [5, 5.41) is 14.9. The van der Waals surface area contributed by atoms with Gasteiger partial charge in [0.1, 0.15) is 5.52 Å². The Morgan fingerprint density at radius 3 is 3.00 bits per heavy atom. The van der Waals surface area contributed by atoms with Crippen molar-refractivity contribution in [3.63, 3.8) is 0 Å². The number of anilines is 1. The van der Waals surface area contributed by atoms with Crippen LogP contribution in [0.2, 0.25) is 0 Å². The normalized spacial score (nSPS) is 21.7. The summed E-state index contributed by atoms with van der Waals surface area (Å²) in [6.45, 7) is 1.15. The molecular weight excluding hydrogens is 364 g/mol. The fraction of sp³-hybridized carbons (Fsp3) is 0.304. The molecule has 3 aromatic rings. The Morgan fingerprint density at radius 1 is 1.21 bits per heavy atom. The van der Waals surface area contributed by atoms with E-state index in [9.17, 15) is 5.11 Å². The number of aliphatic hydroxyl groups is 1. The lowest BCUT2D eigenvalue weighted by Crippen LogP contribution is -2.31. The molecule has 2 aliphatic rings. The van der Waals surface area contributed by atoms with E-state index < -0.39 is 0 Å². The second-order valence-corrected chi connectivity index (χ2v) is 7.78. The lowest BCUT2D eigenvalue weighted by molar-refractivity contribution is 0.266. The van der Waals surface area contributed by atoms with E-state index in [-0.39, 0.29) is 18.6 Å². The number of allylic oxidation sites excluding steroid dienone is 1. The van der Waals surface area contributed by atoms with Crippen LogP contribution in [0.25, 0.3) is 22.2 Å². The second-order valence-electron chi connectivity index (χ2n) is 7.78. The number of aliphatic hydroxyl groups excluding tert-OH is 1. The van der Waals surface area contributed by atoms with E-state index in [1.165, 1.54) is 5.56 Å². The van der Waals surface area contributed by atoms with Gasteiger partial charge in [0.25, 0.3) is 0 Å². The van der Waals surface area contributed by atoms with Gasteiger partial charge in [0.05, 0.1) is 23.9 Å². The Morgan fingerprint density at radius 2 is 2.14 bits per heavy atom. The van der Waals surface area contributed by atoms with Crippen molar-refractivity contribution in [1.29, 1.82) is 0 Å². The highest BCUT2D eigenvalue weighted by atomic mass is 16.5. The monoisotopic (exact) mass is 388 g/mol. The molecule has 2 aromatic carbocycles. The first-order valence-electron chi connectivity index (χ1n) is 10.1. The molecule has 2 unspecified atom stereocenters. The maximum Gasteiger partial charge on any atom is 0.174 e. The molecule has 29 heavy (non-hydrogen) atoms. The lowest BCUT2D eigenvalue weighted by Gasteiger charge is -2.25. The Kier molecular flexibility index (Phi) is 4.56. The minimum Gasteiger partial charge on any atom is -0.394 e. The summed E-state index contributed by atoms with van der Waals surface area (Å²) < 4.78 is 5.75. The van der Waals surface area contributed by atoms with Crippen LogP contribution in [0.5, 0.6) is 0 Å². The first-order chi connectivity index (χ1) is 14.2. The van der Waals surface area contributed by atoms with Crippen LogP contribution in [0, 0.1) is 0 Å². The van der Waals surface area contributed by atoms with Crippen LogP contribution in [0.3, 0.4) is 0 Å². The van der Waals surface area contributed by atoms with Crippen molar-refractivity contribution < 1.29 is 9.63 Å². The number of hydrogen-bond donors (Lipinski definition) is 2. The third-order valence-corrected chi connectivity index (χ3v) is 5.94. The maximum atomic E-state index is 9.67. The number of aromatic nitrogens is 1. The molecule has 1 fully saturated rings. The Balaban J connectivity index is 1.52. The summed E-state index contributed by atoms with van der Waals surface area (Å²) in [6.07, 6.45) is 6.70. The Hall–Kier alpha value is -3.12. The van der Waals surface area contributed by atoms with Gasteiger partial charge >= 0.3 is 0 Å². The predicted octanol–water partition coefficient (Wildman–Crippen LogP) is 3.81. The third-order valence-electron chi connectivity index (χ3n) is 5.94. The number of nitrogens with zero attached hydrogens (tertiary/aromatic N) is 3. The van der Waals surface area contributed by atoms with Gasteiger partial charge in [-0.1, -0.05) is 29.4 Å². The van der Waals surface area contributed by atoms with Crippen LogP contribution >= 0.6 is 0 Å². The van der Waals surface area contributed by atoms with E-state index in [0.29, 0.717) is 5.84 Å². The Labute approximate surface area is 169 Å². The molecule has 0 radical (unpaired) electrons. The van der Waals surface area contributed by atoms with Gasteiger partial charge in [0.15, 0.2) is 5.76 Å². The van der Waals surface area contributed by atoms with E-state index in [0.717, 1.165) is 53.7 Å². The van der Waals surface area contributed by atoms with Crippen molar-refractivity contribution >= 4 is 22.4 Å². The van der Waals surface area contributed by atoms with Crippen LogP contribution in [0.4, 0.5) is 5.69 Å². The molecule has 5 rings (SSSR count). The van der Waals surface area contributed by atoms with E-state index in [4.69, 9.17) is 10.3 Å². The average molecular weight is 388 g/mol. The largest absolute Gasteiger partial charge is 0.394 e. The van der Waals surface area contributed by atoms with Crippen molar-refractivity contribution in [3.8, 4) is 11.3 Å². The SMILES string of the molecule is NC1=NC=CC(c2ccc3noc(-c4cccc(N5CCCC5CO)c4)c3c2)C1. The van der Waals surface area contributed by atoms with Gasteiger partial charge in [-0.25, -0.2) is 4.99 Å². The molecule has 3 N–H and O–H groups in total. The first-order valence-corrected chi connectivity index (χ1v) is 10.1. The van der Waals surface area contributed by atoms with E-state index in [1.54, 1.807) is 6.20 Å². The van der Waals surface area contributed by atoms with Gasteiger partial charge in [0, 0.05) is 36.3 Å². The second kappa shape index (κ2) is 7.37. The van der Waals surface area contributed by atoms with Crippen molar-refractivity contribution in [1.82, 2.24) is 5.16 Å². The quantitative estimate of drug-likeness (QED) is 0.709. The number of aliphatic imine (C=N–C) groups is 1. The third kappa shape index (κ3) is 3.29. The fourth-order valence-electron chi connectivity index (χ4n) is 4.41. The summed E-state index contributed by atoms with van der Waals surface area (Å²) in [5.74, 6) is 1.63. The smallest absolute Gasteiger partial charge is 0.174 e. The molecule has 1 aromatic heterocycles. The number of benzene rings is 2. The van der Waals surface area contributed by atoms with Crippen LogP contribution in [0.1, 0.15) is 30.7 Å². The average Bonchev–Trinajstić information content (AvgIpc) is 3.40. The molecule has 6 heteroatoms. The number of hydrogen-bond acceptors (Lipinski definition) is 6. The molecule has 2 atom stereocenters. The minimum absolute atomic E-state index is 0.181. The Bertz CT molecular complexity index is 1100. The van der Waals surface area contributed by atoms with Crippen molar-refractivity contribution in [2.75, 3.05) is 18.1 Å². The van der Waals surface area contributed by atoms with Gasteiger partial charge in [-0.2, -0.15) is 0 Å². The minimum atomic E-state index is 0.181. The van der Waals surface area contributed by atoms with Crippen molar-refractivity contribution in [2.24, 2.45) is 10.7 Å². The molecule has 0 amide bonds. The molecular formula is C23H24N4O2. The fourth-order valence-corrected chi connectivity index (χ4v) is 4.41. The van der Waals surface area contributed by atoms with E-state index >= 15 is 0 Å². The van der Waals surface area contributed by atoms with Crippen molar-refractivity contribution in [3.05, 3.63) is 60.3 Å². The summed E-state index contributed by atoms with van der Waals surface area (Å²) in [5.41, 5.74) is 10.0. The molecule has 3 heterocycles. The van der Waals surface area contributed by atoms with Crippen molar-refractivity contribution in [2.45, 2.75) is 31.2 Å². The molecule has 1 saturated heterocycles. The highest BCUT2D eigenvalue weighted by Gasteiger charge is 2.24. The first kappa shape index (κ1) is 17.9. The highest BCUT2D eigenvalue weighted by molar-refractivity contribution is 5.93. The number of fused-ring (bicyclic) bond motifs is 1. The predicted molar refractivity (Wildman–Crippen MR) is 115 cm³/mol. The molecule has 0 spiro atoms. The van der Waals surface area contributed by atoms with Gasteiger partial charge in [-0.15, -0.1) is 0 Å². The molecule has 6 nitrogen and oxygen atoms in total. The van der Waals surface area contributed by atoms with Crippen LogP contribution < -0.4 is 10.6 Å². The van der Waals surface area contributed by atoms with E-state index in [2.05, 4.69) is 45.4 Å². The number of nitrogens with two attached hydrogens (primary N) is 1. The molecule has 0 aliphatic carbocycles. The summed E-state index contributed by atoms with van der Waals surface area (Å²) in [7, 11) is 0. The van der Waals surface area contributed by atoms with E-state index in [1.807, 2.05) is 18.2 Å². The zero-order valence-electron chi connectivity index (χ0n) is 16.2. The highest BCUT2D eigenvalue weighted by Crippen LogP contribution is 2.35. The van der Waals surface area contributed by atoms with Crippen LogP contribution in [0.15, 0.2) is 64.3 Å². The van der Waals surface area contributed by atoms with Crippen LogP contribution in [-0.4, -0.2) is 35.3 Å². The van der Waals surface area contributed by atoms with Crippen LogP contribution in [-0.2, 0) is 0 Å². The molecule has 0 bridgehead atoms. The standard InChI is InChI=1S/C23H24N4O2/c24-22-13-16(8-9-25-22)15-6-7-21-20(12-15)23(29-26-21)17-3-1-4-18(11-17)27-10-2-5-19(27)14-28/h1,3-4,6-9,11-12,16,19,28H,2,5,10,13-14H2,(H2,24,25). The maximum absolute atomic E-state index is 9.67. The molecule has 148 valence electrons. The summed E-state index contributed by atoms with van der Waals surface area (Å²) in [6, 6.07) is 14.7. The van der Waals surface area contributed by atoms with Gasteiger partial charge in [-0.3, -0.25) is 0 Å². The zero-order chi connectivity index (χ0) is 19.8. The number of amidine groups is 1. The summed E-state index contributed by atoms with van der Waals surface area (Å²) >= 11 is 0. The topological polar surface area (TPSA) is 87.9 Å². The number of rotatable bonds is 4. The molecule has 2 aliphatic heterocycles. The van der Waals surface area contributed by atoms with Gasteiger partial charge in [-0.05, 0) is 42.7 Å². The van der Waals surface area contributed by atoms with Gasteiger partial charge in [0.2, 0.25) is 0 Å². The molecule has 0 saturated carbocycles. The zero-order valence-corrected chi connectivity index (χ0v) is 16.2. The van der Waals surface area contributed by atoms with Gasteiger partial charge < -0.3 is 20.3 Å².